The number of hydrogen-bond acceptors (Lipinski definition) is 5. The highest BCUT2D eigenvalue weighted by Crippen LogP contribution is 2.10. The number of aliphatic carboxylic acids is 2. The lowest BCUT2D eigenvalue weighted by Gasteiger charge is -2.16. The normalized spacial score (nSPS) is 10.1. The largest absolute Gasteiger partial charge is 0.480 e. The highest BCUT2D eigenvalue weighted by molar-refractivity contribution is 5.95. The number of carbonyl (C=O) groups is 3. The van der Waals surface area contributed by atoms with Crippen LogP contribution in [0.25, 0.3) is 0 Å². The van der Waals surface area contributed by atoms with Crippen LogP contribution in [0.15, 0.2) is 16.5 Å². The summed E-state index contributed by atoms with van der Waals surface area (Å²) in [6, 6.07) is 2.79. The highest BCUT2D eigenvalue weighted by atomic mass is 16.4. The van der Waals surface area contributed by atoms with Gasteiger partial charge in [-0.15, -0.1) is 0 Å². The quantitative estimate of drug-likeness (QED) is 0.615. The van der Waals surface area contributed by atoms with E-state index < -0.39 is 30.9 Å². The van der Waals surface area contributed by atoms with Gasteiger partial charge in [0, 0.05) is 0 Å². The van der Waals surface area contributed by atoms with Gasteiger partial charge in [-0.1, -0.05) is 0 Å². The van der Waals surface area contributed by atoms with E-state index in [0.29, 0.717) is 10.7 Å². The molecule has 98 valence electrons. The van der Waals surface area contributed by atoms with Gasteiger partial charge in [0.15, 0.2) is 5.76 Å². The maximum absolute atomic E-state index is 11.8. The van der Waals surface area contributed by atoms with Crippen molar-refractivity contribution in [2.45, 2.75) is 6.54 Å². The number of carboxylic acid groups (broad SMARTS) is 2. The molecule has 0 spiro atoms. The fraction of sp³-hybridized carbons (Fsp3) is 0.300. The first kappa shape index (κ1) is 13.7. The number of amides is 1. The minimum atomic E-state index is -1.31. The number of carboxylic acids is 2. The second kappa shape index (κ2) is 5.82. The van der Waals surface area contributed by atoms with E-state index in [1.165, 1.54) is 12.1 Å². The van der Waals surface area contributed by atoms with Crippen molar-refractivity contribution in [3.63, 3.8) is 0 Å². The fourth-order valence-corrected chi connectivity index (χ4v) is 1.28. The van der Waals surface area contributed by atoms with Crippen LogP contribution in [0, 0.1) is 0 Å². The zero-order valence-corrected chi connectivity index (χ0v) is 9.33. The number of nitrogens with zero attached hydrogens (tertiary/aromatic N) is 1. The number of furan rings is 1. The third-order valence-corrected chi connectivity index (χ3v) is 2.01. The molecule has 0 fully saturated rings. The summed E-state index contributed by atoms with van der Waals surface area (Å²) in [5, 5.41) is 17.2. The van der Waals surface area contributed by atoms with Crippen LogP contribution in [0.2, 0.25) is 0 Å². The highest BCUT2D eigenvalue weighted by Gasteiger charge is 2.23. The van der Waals surface area contributed by atoms with E-state index in [4.69, 9.17) is 20.4 Å². The smallest absolute Gasteiger partial charge is 0.323 e. The van der Waals surface area contributed by atoms with Crippen molar-refractivity contribution in [1.82, 2.24) is 4.90 Å². The summed E-state index contributed by atoms with van der Waals surface area (Å²) in [7, 11) is 0. The van der Waals surface area contributed by atoms with Crippen LogP contribution < -0.4 is 5.73 Å². The van der Waals surface area contributed by atoms with Crippen LogP contribution in [-0.2, 0) is 16.1 Å². The minimum absolute atomic E-state index is 0.0884. The van der Waals surface area contributed by atoms with E-state index in [1.54, 1.807) is 0 Å². The summed E-state index contributed by atoms with van der Waals surface area (Å²) >= 11 is 0. The zero-order valence-electron chi connectivity index (χ0n) is 9.33. The maximum atomic E-state index is 11.8. The van der Waals surface area contributed by atoms with Gasteiger partial charge in [-0.25, -0.2) is 0 Å². The molecule has 8 nitrogen and oxygen atoms in total. The molecule has 0 unspecified atom stereocenters. The Balaban J connectivity index is 2.86. The Labute approximate surface area is 102 Å². The molecule has 18 heavy (non-hydrogen) atoms. The van der Waals surface area contributed by atoms with E-state index in [2.05, 4.69) is 0 Å². The molecule has 0 atom stereocenters. The van der Waals surface area contributed by atoms with Gasteiger partial charge < -0.3 is 25.3 Å². The van der Waals surface area contributed by atoms with Crippen molar-refractivity contribution >= 4 is 17.8 Å². The van der Waals surface area contributed by atoms with Crippen molar-refractivity contribution in [2.75, 3.05) is 13.1 Å². The fourth-order valence-electron chi connectivity index (χ4n) is 1.28. The first-order valence-corrected chi connectivity index (χ1v) is 4.95. The van der Waals surface area contributed by atoms with E-state index in [1.807, 2.05) is 0 Å². The third kappa shape index (κ3) is 3.59. The first-order chi connectivity index (χ1) is 8.43. The molecular weight excluding hydrogens is 244 g/mol. The second-order valence-electron chi connectivity index (χ2n) is 3.42. The van der Waals surface area contributed by atoms with Gasteiger partial charge in [-0.2, -0.15) is 0 Å². The van der Waals surface area contributed by atoms with Gasteiger partial charge in [0.25, 0.3) is 5.91 Å². The SMILES string of the molecule is NCc1ccc(C(=O)N(CC(=O)O)CC(=O)O)o1. The molecule has 0 aliphatic rings. The Morgan fingerprint density at radius 3 is 2.11 bits per heavy atom. The molecule has 4 N–H and O–H groups in total. The molecular formula is C10H12N2O6. The van der Waals surface area contributed by atoms with E-state index in [0.717, 1.165) is 0 Å². The second-order valence-corrected chi connectivity index (χ2v) is 3.42. The molecule has 0 aliphatic carbocycles. The van der Waals surface area contributed by atoms with Gasteiger partial charge in [0.2, 0.25) is 0 Å². The Kier molecular flexibility index (Phi) is 4.44. The van der Waals surface area contributed by atoms with E-state index in [-0.39, 0.29) is 12.3 Å². The molecule has 1 aromatic heterocycles. The molecule has 0 aromatic carbocycles. The molecule has 8 heteroatoms. The average molecular weight is 256 g/mol. The number of nitrogens with two attached hydrogens (primary N) is 1. The first-order valence-electron chi connectivity index (χ1n) is 4.95. The van der Waals surface area contributed by atoms with Crippen molar-refractivity contribution in [3.8, 4) is 0 Å². The van der Waals surface area contributed by atoms with Crippen molar-refractivity contribution in [2.24, 2.45) is 5.73 Å². The monoisotopic (exact) mass is 256 g/mol. The van der Waals surface area contributed by atoms with Crippen LogP contribution in [0.3, 0.4) is 0 Å². The van der Waals surface area contributed by atoms with Crippen LogP contribution in [0.1, 0.15) is 16.3 Å². The Hall–Kier alpha value is -2.35. The molecule has 0 radical (unpaired) electrons. The van der Waals surface area contributed by atoms with Gasteiger partial charge in [-0.05, 0) is 12.1 Å². The lowest BCUT2D eigenvalue weighted by Crippen LogP contribution is -2.39. The van der Waals surface area contributed by atoms with Crippen LogP contribution in [-0.4, -0.2) is 46.0 Å². The summed E-state index contributed by atoms with van der Waals surface area (Å²) in [5.74, 6) is -3.22. The lowest BCUT2D eigenvalue weighted by atomic mass is 10.3. The number of hydrogen-bond donors (Lipinski definition) is 3. The maximum Gasteiger partial charge on any atom is 0.323 e. The van der Waals surface area contributed by atoms with Crippen molar-refractivity contribution in [1.29, 1.82) is 0 Å². The molecule has 0 bridgehead atoms. The zero-order chi connectivity index (χ0) is 13.7. The summed E-state index contributed by atoms with van der Waals surface area (Å²) in [6.45, 7) is -1.35. The predicted molar refractivity (Wildman–Crippen MR) is 57.8 cm³/mol. The van der Waals surface area contributed by atoms with Crippen LogP contribution >= 0.6 is 0 Å². The Morgan fingerprint density at radius 1 is 1.17 bits per heavy atom. The minimum Gasteiger partial charge on any atom is -0.480 e. The third-order valence-electron chi connectivity index (χ3n) is 2.01. The van der Waals surface area contributed by atoms with Gasteiger partial charge >= 0.3 is 11.9 Å². The molecule has 1 heterocycles. The van der Waals surface area contributed by atoms with Crippen molar-refractivity contribution in [3.05, 3.63) is 23.7 Å². The van der Waals surface area contributed by atoms with Gasteiger partial charge in [0.1, 0.15) is 18.8 Å². The van der Waals surface area contributed by atoms with Gasteiger partial charge in [0.05, 0.1) is 6.54 Å². The molecule has 1 amide bonds. The summed E-state index contributed by atoms with van der Waals surface area (Å²) in [4.78, 5) is 33.6. The summed E-state index contributed by atoms with van der Waals surface area (Å²) in [6.07, 6.45) is 0. The van der Waals surface area contributed by atoms with E-state index >= 15 is 0 Å². The standard InChI is InChI=1S/C10H12N2O6/c11-3-6-1-2-7(18-6)10(17)12(4-8(13)14)5-9(15)16/h1-2H,3-5,11H2,(H,13,14)(H,15,16). The molecule has 0 aliphatic heterocycles. The van der Waals surface area contributed by atoms with Gasteiger partial charge in [-0.3, -0.25) is 14.4 Å². The average Bonchev–Trinajstić information content (AvgIpc) is 2.74. The number of carbonyl (C=O) groups excluding carboxylic acids is 1. The number of rotatable bonds is 6. The lowest BCUT2D eigenvalue weighted by molar-refractivity contribution is -0.140. The van der Waals surface area contributed by atoms with Crippen LogP contribution in [0.4, 0.5) is 0 Å². The predicted octanol–water partition coefficient (Wildman–Crippen LogP) is -0.650. The van der Waals surface area contributed by atoms with Crippen molar-refractivity contribution < 1.29 is 29.0 Å². The van der Waals surface area contributed by atoms with Crippen LogP contribution in [0.5, 0.6) is 0 Å². The molecule has 1 rings (SSSR count). The molecule has 0 saturated heterocycles. The summed E-state index contributed by atoms with van der Waals surface area (Å²) < 4.78 is 5.04. The Bertz CT molecular complexity index is 451. The van der Waals surface area contributed by atoms with E-state index in [9.17, 15) is 14.4 Å². The Morgan fingerprint density at radius 2 is 1.72 bits per heavy atom. The molecule has 1 aromatic rings. The summed E-state index contributed by atoms with van der Waals surface area (Å²) in [5.41, 5.74) is 5.29. The topological polar surface area (TPSA) is 134 Å². The molecule has 0 saturated carbocycles.